The van der Waals surface area contributed by atoms with Gasteiger partial charge < -0.3 is 15.0 Å². The van der Waals surface area contributed by atoms with Crippen LogP contribution in [0.2, 0.25) is 0 Å². The number of hydrogen-bond acceptors (Lipinski definition) is 5. The van der Waals surface area contributed by atoms with Crippen LogP contribution in [-0.2, 0) is 4.74 Å². The number of anilines is 2. The number of nitriles is 1. The van der Waals surface area contributed by atoms with Crippen LogP contribution < -0.4 is 10.2 Å². The third-order valence-electron chi connectivity index (χ3n) is 4.82. The molecule has 2 aromatic carbocycles. The van der Waals surface area contributed by atoms with Crippen LogP contribution in [0.5, 0.6) is 0 Å². The number of morpholine rings is 1. The number of halogens is 1. The molecule has 3 aromatic rings. The first-order valence-corrected chi connectivity index (χ1v) is 9.53. The van der Waals surface area contributed by atoms with E-state index >= 15 is 0 Å². The zero-order chi connectivity index (χ0) is 21.1. The first-order valence-electron chi connectivity index (χ1n) is 9.53. The van der Waals surface area contributed by atoms with E-state index in [4.69, 9.17) is 10.00 Å². The fourth-order valence-electron chi connectivity index (χ4n) is 3.43. The van der Waals surface area contributed by atoms with Gasteiger partial charge in [0.05, 0.1) is 47.6 Å². The number of amides is 1. The lowest BCUT2D eigenvalue weighted by molar-refractivity contribution is 0.0497. The van der Waals surface area contributed by atoms with E-state index in [2.05, 4.69) is 16.5 Å². The summed E-state index contributed by atoms with van der Waals surface area (Å²) in [5, 5.41) is 16.4. The van der Waals surface area contributed by atoms with Crippen molar-refractivity contribution in [2.24, 2.45) is 0 Å². The van der Waals surface area contributed by atoms with E-state index in [1.165, 1.54) is 4.68 Å². The summed E-state index contributed by atoms with van der Waals surface area (Å²) < 4.78 is 21.1. The molecule has 0 spiro atoms. The molecule has 1 atom stereocenters. The molecular weight excluding hydrogens is 385 g/mol. The van der Waals surface area contributed by atoms with Gasteiger partial charge in [-0.05, 0) is 43.3 Å². The Morgan fingerprint density at radius 1 is 1.27 bits per heavy atom. The summed E-state index contributed by atoms with van der Waals surface area (Å²) in [4.78, 5) is 14.7. The van der Waals surface area contributed by atoms with E-state index in [1.807, 2.05) is 0 Å². The zero-order valence-corrected chi connectivity index (χ0v) is 16.4. The molecule has 1 aliphatic heterocycles. The third-order valence-corrected chi connectivity index (χ3v) is 4.82. The molecule has 7 nitrogen and oxygen atoms in total. The number of nitrogens with zero attached hydrogens (tertiary/aromatic N) is 4. The number of benzene rings is 2. The zero-order valence-electron chi connectivity index (χ0n) is 16.4. The van der Waals surface area contributed by atoms with Crippen LogP contribution in [-0.4, -0.2) is 41.7 Å². The Bertz CT molecular complexity index is 1120. The van der Waals surface area contributed by atoms with Crippen molar-refractivity contribution in [1.82, 2.24) is 9.78 Å². The van der Waals surface area contributed by atoms with Crippen molar-refractivity contribution >= 4 is 17.3 Å². The van der Waals surface area contributed by atoms with Crippen molar-refractivity contribution in [3.63, 3.8) is 0 Å². The number of carbonyl (C=O) groups excluding carboxylic acids is 1. The van der Waals surface area contributed by atoms with Crippen molar-refractivity contribution < 1.29 is 13.9 Å². The molecule has 30 heavy (non-hydrogen) atoms. The molecule has 152 valence electrons. The van der Waals surface area contributed by atoms with Crippen LogP contribution in [0, 0.1) is 18.3 Å². The van der Waals surface area contributed by atoms with E-state index in [0.29, 0.717) is 47.2 Å². The third kappa shape index (κ3) is 3.88. The fraction of sp³-hybridized carbons (Fsp3) is 0.227. The van der Waals surface area contributed by atoms with Gasteiger partial charge in [-0.2, -0.15) is 10.4 Å². The summed E-state index contributed by atoms with van der Waals surface area (Å²) in [6.07, 6.45) is -1.28. The van der Waals surface area contributed by atoms with Crippen molar-refractivity contribution in [1.29, 1.82) is 5.26 Å². The first-order chi connectivity index (χ1) is 14.6. The monoisotopic (exact) mass is 405 g/mol. The number of nitrogens with one attached hydrogen (secondary N) is 1. The molecule has 4 rings (SSSR count). The van der Waals surface area contributed by atoms with Crippen molar-refractivity contribution in [2.75, 3.05) is 30.0 Å². The lowest BCUT2D eigenvalue weighted by Gasteiger charge is -2.33. The van der Waals surface area contributed by atoms with Crippen LogP contribution in [0.3, 0.4) is 0 Å². The molecule has 1 aliphatic rings. The van der Waals surface area contributed by atoms with E-state index in [1.54, 1.807) is 66.4 Å². The van der Waals surface area contributed by atoms with Gasteiger partial charge in [0.25, 0.3) is 5.91 Å². The highest BCUT2D eigenvalue weighted by Crippen LogP contribution is 2.29. The average Bonchev–Trinajstić information content (AvgIpc) is 3.17. The second kappa shape index (κ2) is 8.35. The van der Waals surface area contributed by atoms with Crippen molar-refractivity contribution in [3.05, 3.63) is 71.5 Å². The molecule has 1 fully saturated rings. The Labute approximate surface area is 173 Å². The minimum atomic E-state index is -1.28. The van der Waals surface area contributed by atoms with Crippen LogP contribution >= 0.6 is 0 Å². The highest BCUT2D eigenvalue weighted by atomic mass is 19.1. The number of rotatable bonds is 4. The van der Waals surface area contributed by atoms with E-state index in [0.717, 1.165) is 0 Å². The number of aromatic nitrogens is 2. The molecule has 2 heterocycles. The SMILES string of the molecule is Cc1cc(C(=O)Nc2ccccc2N2CCOCC2F)n(-c2cccc(C#N)c2)n1. The fourth-order valence-corrected chi connectivity index (χ4v) is 3.43. The molecular formula is C22H20FN5O2. The Kier molecular flexibility index (Phi) is 5.46. The average molecular weight is 405 g/mol. The summed E-state index contributed by atoms with van der Waals surface area (Å²) in [7, 11) is 0. The lowest BCUT2D eigenvalue weighted by Crippen LogP contribution is -2.43. The van der Waals surface area contributed by atoms with Gasteiger partial charge in [0.2, 0.25) is 0 Å². The molecule has 0 radical (unpaired) electrons. The minimum absolute atomic E-state index is 0.0104. The van der Waals surface area contributed by atoms with Gasteiger partial charge in [-0.3, -0.25) is 4.79 Å². The highest BCUT2D eigenvalue weighted by molar-refractivity contribution is 6.05. The quantitative estimate of drug-likeness (QED) is 0.673. The molecule has 1 aromatic heterocycles. The summed E-state index contributed by atoms with van der Waals surface area (Å²) in [5.74, 6) is -0.380. The Morgan fingerprint density at radius 3 is 2.90 bits per heavy atom. The van der Waals surface area contributed by atoms with Gasteiger partial charge in [0.15, 0.2) is 6.30 Å². The smallest absolute Gasteiger partial charge is 0.274 e. The number of aryl methyl sites for hydroxylation is 1. The van der Waals surface area contributed by atoms with Crippen LogP contribution in [0.25, 0.3) is 5.69 Å². The number of ether oxygens (including phenoxy) is 1. The Balaban J connectivity index is 1.66. The van der Waals surface area contributed by atoms with E-state index in [9.17, 15) is 9.18 Å². The van der Waals surface area contributed by atoms with E-state index < -0.39 is 6.30 Å². The number of para-hydroxylation sites is 2. The molecule has 1 N–H and O–H groups in total. The van der Waals surface area contributed by atoms with Gasteiger partial charge in [0.1, 0.15) is 5.69 Å². The first kappa shape index (κ1) is 19.6. The molecule has 0 bridgehead atoms. The maximum absolute atomic E-state index is 14.4. The summed E-state index contributed by atoms with van der Waals surface area (Å²) in [5.41, 5.74) is 3.15. The van der Waals surface area contributed by atoms with Crippen LogP contribution in [0.1, 0.15) is 21.7 Å². The van der Waals surface area contributed by atoms with Gasteiger partial charge in [-0.15, -0.1) is 0 Å². The van der Waals surface area contributed by atoms with Gasteiger partial charge >= 0.3 is 0 Å². The summed E-state index contributed by atoms with van der Waals surface area (Å²) in [6, 6.07) is 17.7. The molecule has 1 unspecified atom stereocenters. The number of carbonyl (C=O) groups is 1. The minimum Gasteiger partial charge on any atom is -0.375 e. The van der Waals surface area contributed by atoms with Crippen molar-refractivity contribution in [2.45, 2.75) is 13.2 Å². The van der Waals surface area contributed by atoms with Gasteiger partial charge in [-0.1, -0.05) is 18.2 Å². The summed E-state index contributed by atoms with van der Waals surface area (Å²) >= 11 is 0. The molecule has 1 saturated heterocycles. The molecule has 1 amide bonds. The standard InChI is InChI=1S/C22H20FN5O2/c1-15-11-20(28(26-15)17-6-4-5-16(12-17)13-24)22(29)25-18-7-2-3-8-19(18)27-9-10-30-14-21(27)23/h2-8,11-12,21H,9-10,14H2,1H3,(H,25,29). The predicted octanol–water partition coefficient (Wildman–Crippen LogP) is 3.44. The largest absolute Gasteiger partial charge is 0.375 e. The number of hydrogen-bond donors (Lipinski definition) is 1. The topological polar surface area (TPSA) is 83.2 Å². The van der Waals surface area contributed by atoms with E-state index in [-0.39, 0.29) is 12.5 Å². The lowest BCUT2D eigenvalue weighted by atomic mass is 10.2. The maximum Gasteiger partial charge on any atom is 0.274 e. The Hall–Kier alpha value is -3.70. The van der Waals surface area contributed by atoms with Crippen LogP contribution in [0.4, 0.5) is 15.8 Å². The Morgan fingerprint density at radius 2 is 2.10 bits per heavy atom. The van der Waals surface area contributed by atoms with Gasteiger partial charge in [0, 0.05) is 6.54 Å². The second-order valence-corrected chi connectivity index (χ2v) is 6.92. The molecule has 8 heteroatoms. The maximum atomic E-state index is 14.4. The molecule has 0 aliphatic carbocycles. The highest BCUT2D eigenvalue weighted by Gasteiger charge is 2.25. The molecule has 0 saturated carbocycles. The second-order valence-electron chi connectivity index (χ2n) is 6.92. The van der Waals surface area contributed by atoms with Crippen molar-refractivity contribution in [3.8, 4) is 11.8 Å². The van der Waals surface area contributed by atoms with Crippen LogP contribution in [0.15, 0.2) is 54.6 Å². The number of alkyl halides is 1. The van der Waals surface area contributed by atoms with Gasteiger partial charge in [-0.25, -0.2) is 9.07 Å². The normalized spacial score (nSPS) is 16.2. The summed E-state index contributed by atoms with van der Waals surface area (Å²) in [6.45, 7) is 2.59. The predicted molar refractivity (Wildman–Crippen MR) is 110 cm³/mol.